The van der Waals surface area contributed by atoms with Gasteiger partial charge in [-0.15, -0.1) is 0 Å². The summed E-state index contributed by atoms with van der Waals surface area (Å²) in [5, 5.41) is 14.2. The van der Waals surface area contributed by atoms with Crippen LogP contribution in [0, 0.1) is 10.1 Å². The molecule has 94 valence electrons. The van der Waals surface area contributed by atoms with Crippen LogP contribution in [0.25, 0.3) is 5.69 Å². The zero-order valence-electron chi connectivity index (χ0n) is 8.63. The Morgan fingerprint density at radius 2 is 2.06 bits per heavy atom. The highest BCUT2D eigenvalue weighted by Gasteiger charge is 2.38. The van der Waals surface area contributed by atoms with Gasteiger partial charge in [0.1, 0.15) is 18.2 Å². The van der Waals surface area contributed by atoms with Crippen LogP contribution in [0.15, 0.2) is 30.9 Å². The first-order valence-corrected chi connectivity index (χ1v) is 4.60. The summed E-state index contributed by atoms with van der Waals surface area (Å²) in [5.41, 5.74) is -2.27. The number of nitro benzene ring substituents is 1. The smallest absolute Gasteiger partial charge is 0.258 e. The summed E-state index contributed by atoms with van der Waals surface area (Å²) in [4.78, 5) is 13.0. The number of hydrogen-bond donors (Lipinski definition) is 0. The molecule has 0 spiro atoms. The minimum atomic E-state index is -4.81. The topological polar surface area (TPSA) is 73.8 Å². The number of nitro groups is 1. The lowest BCUT2D eigenvalue weighted by molar-refractivity contribution is -0.388. The fourth-order valence-corrected chi connectivity index (χ4v) is 1.39. The maximum absolute atomic E-state index is 12.7. The highest BCUT2D eigenvalue weighted by Crippen LogP contribution is 2.36. The summed E-state index contributed by atoms with van der Waals surface area (Å²) in [5.74, 6) is 0. The molecule has 0 saturated heterocycles. The van der Waals surface area contributed by atoms with Gasteiger partial charge in [-0.2, -0.15) is 18.3 Å². The summed E-state index contributed by atoms with van der Waals surface area (Å²) < 4.78 is 39.1. The van der Waals surface area contributed by atoms with Gasteiger partial charge in [0.2, 0.25) is 0 Å². The lowest BCUT2D eigenvalue weighted by Gasteiger charge is -2.09. The number of alkyl halides is 3. The van der Waals surface area contributed by atoms with Gasteiger partial charge in [-0.1, -0.05) is 0 Å². The molecule has 0 amide bonds. The first-order chi connectivity index (χ1) is 8.39. The minimum Gasteiger partial charge on any atom is -0.258 e. The molecule has 0 aliphatic carbocycles. The van der Waals surface area contributed by atoms with Crippen molar-refractivity contribution in [3.8, 4) is 5.69 Å². The highest BCUT2D eigenvalue weighted by molar-refractivity contribution is 5.49. The normalized spacial score (nSPS) is 11.5. The lowest BCUT2D eigenvalue weighted by Crippen LogP contribution is -2.10. The largest absolute Gasteiger partial charge is 0.423 e. The third-order valence-electron chi connectivity index (χ3n) is 2.17. The third-order valence-corrected chi connectivity index (χ3v) is 2.17. The van der Waals surface area contributed by atoms with Crippen LogP contribution >= 0.6 is 0 Å². The maximum Gasteiger partial charge on any atom is 0.423 e. The molecule has 2 rings (SSSR count). The molecule has 0 saturated carbocycles. The molecule has 1 aromatic carbocycles. The molecular weight excluding hydrogens is 253 g/mol. The Balaban J connectivity index is 2.60. The van der Waals surface area contributed by atoms with E-state index in [1.165, 1.54) is 12.4 Å². The Bertz CT molecular complexity index is 580. The van der Waals surface area contributed by atoms with Crippen LogP contribution in [0.2, 0.25) is 0 Å². The van der Waals surface area contributed by atoms with Crippen molar-refractivity contribution >= 4 is 5.69 Å². The average molecular weight is 258 g/mol. The van der Waals surface area contributed by atoms with Crippen LogP contribution in [0.1, 0.15) is 5.56 Å². The van der Waals surface area contributed by atoms with Crippen LogP contribution < -0.4 is 0 Å². The van der Waals surface area contributed by atoms with E-state index in [0.29, 0.717) is 6.07 Å². The molecule has 9 heteroatoms. The zero-order chi connectivity index (χ0) is 13.3. The number of benzene rings is 1. The second-order valence-electron chi connectivity index (χ2n) is 3.30. The Morgan fingerprint density at radius 3 is 2.56 bits per heavy atom. The van der Waals surface area contributed by atoms with Crippen LogP contribution in [-0.4, -0.2) is 19.7 Å². The standard InChI is InChI=1S/C9H5F3N4O2/c10-9(11,12)7-3-6(15-5-13-4-14-15)1-2-8(7)16(17)18/h1-5H. The number of rotatable bonds is 2. The van der Waals surface area contributed by atoms with E-state index in [4.69, 9.17) is 0 Å². The first-order valence-electron chi connectivity index (χ1n) is 4.60. The van der Waals surface area contributed by atoms with Crippen LogP contribution in [-0.2, 0) is 6.18 Å². The molecule has 2 aromatic rings. The molecule has 0 aliphatic rings. The van der Waals surface area contributed by atoms with Crippen molar-refractivity contribution in [1.29, 1.82) is 0 Å². The van der Waals surface area contributed by atoms with E-state index in [1.54, 1.807) is 0 Å². The Kier molecular flexibility index (Phi) is 2.73. The fourth-order valence-electron chi connectivity index (χ4n) is 1.39. The molecule has 1 heterocycles. The van der Waals surface area contributed by atoms with Crippen LogP contribution in [0.5, 0.6) is 0 Å². The molecule has 18 heavy (non-hydrogen) atoms. The summed E-state index contributed by atoms with van der Waals surface area (Å²) in [6.45, 7) is 0. The summed E-state index contributed by atoms with van der Waals surface area (Å²) in [6, 6.07) is 2.62. The number of halogens is 3. The zero-order valence-corrected chi connectivity index (χ0v) is 8.63. The van der Waals surface area contributed by atoms with Crippen molar-refractivity contribution in [3.05, 3.63) is 46.5 Å². The van der Waals surface area contributed by atoms with Gasteiger partial charge in [0.15, 0.2) is 0 Å². The van der Waals surface area contributed by atoms with E-state index in [-0.39, 0.29) is 5.69 Å². The Labute approximate surface area is 97.8 Å². The predicted molar refractivity (Wildman–Crippen MR) is 53.0 cm³/mol. The van der Waals surface area contributed by atoms with Crippen molar-refractivity contribution in [3.63, 3.8) is 0 Å². The summed E-state index contributed by atoms with van der Waals surface area (Å²) in [6.07, 6.45) is -2.46. The third kappa shape index (κ3) is 2.14. The summed E-state index contributed by atoms with van der Waals surface area (Å²) in [7, 11) is 0. The molecule has 0 radical (unpaired) electrons. The molecular formula is C9H5F3N4O2. The van der Waals surface area contributed by atoms with Gasteiger partial charge >= 0.3 is 6.18 Å². The van der Waals surface area contributed by atoms with E-state index in [9.17, 15) is 23.3 Å². The van der Waals surface area contributed by atoms with Crippen molar-refractivity contribution in [2.45, 2.75) is 6.18 Å². The number of aromatic nitrogens is 3. The van der Waals surface area contributed by atoms with Crippen molar-refractivity contribution in [2.24, 2.45) is 0 Å². The second kappa shape index (κ2) is 4.09. The van der Waals surface area contributed by atoms with Gasteiger partial charge in [0.25, 0.3) is 5.69 Å². The quantitative estimate of drug-likeness (QED) is 0.611. The molecule has 0 bridgehead atoms. The van der Waals surface area contributed by atoms with Crippen molar-refractivity contribution < 1.29 is 18.1 Å². The van der Waals surface area contributed by atoms with Gasteiger partial charge in [0.05, 0.1) is 10.6 Å². The van der Waals surface area contributed by atoms with E-state index in [1.807, 2.05) is 0 Å². The maximum atomic E-state index is 12.7. The van der Waals surface area contributed by atoms with Gasteiger partial charge in [0, 0.05) is 6.07 Å². The van der Waals surface area contributed by atoms with E-state index in [2.05, 4.69) is 10.1 Å². The SMILES string of the molecule is O=[N+]([O-])c1ccc(-n2cncn2)cc1C(F)(F)F. The fraction of sp³-hybridized carbons (Fsp3) is 0.111. The van der Waals surface area contributed by atoms with E-state index < -0.39 is 22.4 Å². The molecule has 0 atom stereocenters. The number of nitrogens with zero attached hydrogens (tertiary/aromatic N) is 4. The molecule has 6 nitrogen and oxygen atoms in total. The van der Waals surface area contributed by atoms with Gasteiger partial charge in [-0.25, -0.2) is 9.67 Å². The van der Waals surface area contributed by atoms with Crippen LogP contribution in [0.4, 0.5) is 18.9 Å². The van der Waals surface area contributed by atoms with Gasteiger partial charge < -0.3 is 0 Å². The van der Waals surface area contributed by atoms with E-state index in [0.717, 1.165) is 17.1 Å². The highest BCUT2D eigenvalue weighted by atomic mass is 19.4. The molecule has 0 unspecified atom stereocenters. The van der Waals surface area contributed by atoms with E-state index >= 15 is 0 Å². The number of hydrogen-bond acceptors (Lipinski definition) is 4. The molecule has 0 aliphatic heterocycles. The summed E-state index contributed by atoms with van der Waals surface area (Å²) >= 11 is 0. The monoisotopic (exact) mass is 258 g/mol. The molecule has 1 aromatic heterocycles. The van der Waals surface area contributed by atoms with Crippen LogP contribution in [0.3, 0.4) is 0 Å². The first kappa shape index (κ1) is 12.0. The molecule has 0 fully saturated rings. The Morgan fingerprint density at radius 1 is 1.33 bits per heavy atom. The molecule has 0 N–H and O–H groups in total. The predicted octanol–water partition coefficient (Wildman–Crippen LogP) is 2.19. The Hall–Kier alpha value is -2.45. The minimum absolute atomic E-state index is 0.0467. The van der Waals surface area contributed by atoms with Gasteiger partial charge in [-0.3, -0.25) is 10.1 Å². The lowest BCUT2D eigenvalue weighted by atomic mass is 10.1. The van der Waals surface area contributed by atoms with Crippen molar-refractivity contribution in [1.82, 2.24) is 14.8 Å². The second-order valence-corrected chi connectivity index (χ2v) is 3.30. The van der Waals surface area contributed by atoms with Gasteiger partial charge in [-0.05, 0) is 12.1 Å². The average Bonchev–Trinajstić information content (AvgIpc) is 2.80. The van der Waals surface area contributed by atoms with Crippen molar-refractivity contribution in [2.75, 3.05) is 0 Å².